The minimum Gasteiger partial charge on any atom is -0.376 e. The Morgan fingerprint density at radius 3 is 3.11 bits per heavy atom. The number of nitrogens with zero attached hydrogens (tertiary/aromatic N) is 3. The summed E-state index contributed by atoms with van der Waals surface area (Å²) in [7, 11) is 1.86. The second-order valence-corrected chi connectivity index (χ2v) is 4.50. The average Bonchev–Trinajstić information content (AvgIpc) is 2.98. The first-order valence-corrected chi connectivity index (χ1v) is 6.17. The van der Waals surface area contributed by atoms with E-state index in [2.05, 4.69) is 27.5 Å². The lowest BCUT2D eigenvalue weighted by Crippen LogP contribution is -2.27. The maximum Gasteiger partial charge on any atom is 0.180 e. The van der Waals surface area contributed by atoms with Crippen LogP contribution < -0.4 is 10.6 Å². The van der Waals surface area contributed by atoms with E-state index in [0.717, 1.165) is 30.3 Å². The second-order valence-electron chi connectivity index (χ2n) is 4.50. The van der Waals surface area contributed by atoms with Crippen molar-refractivity contribution in [1.82, 2.24) is 14.4 Å². The Morgan fingerprint density at radius 1 is 1.50 bits per heavy atom. The smallest absolute Gasteiger partial charge is 0.180 e. The van der Waals surface area contributed by atoms with Crippen molar-refractivity contribution in [2.24, 2.45) is 0 Å². The van der Waals surface area contributed by atoms with Gasteiger partial charge in [0, 0.05) is 26.0 Å². The molecule has 2 aromatic heterocycles. The minimum absolute atomic E-state index is 0.208. The van der Waals surface area contributed by atoms with Crippen molar-refractivity contribution in [3.05, 3.63) is 18.6 Å². The van der Waals surface area contributed by atoms with Gasteiger partial charge in [-0.25, -0.2) is 9.97 Å². The van der Waals surface area contributed by atoms with E-state index in [9.17, 15) is 0 Å². The predicted molar refractivity (Wildman–Crippen MR) is 70.0 cm³/mol. The zero-order valence-electron chi connectivity index (χ0n) is 10.6. The molecule has 96 valence electrons. The molecule has 0 saturated carbocycles. The highest BCUT2D eigenvalue weighted by Gasteiger charge is 2.25. The van der Waals surface area contributed by atoms with Crippen molar-refractivity contribution >= 4 is 17.3 Å². The molecule has 1 fully saturated rings. The molecular weight excluding hydrogens is 230 g/mol. The van der Waals surface area contributed by atoms with Crippen molar-refractivity contribution in [1.29, 1.82) is 0 Å². The third-order valence-electron chi connectivity index (χ3n) is 3.33. The molecule has 3 heterocycles. The molecule has 6 heteroatoms. The van der Waals surface area contributed by atoms with Crippen molar-refractivity contribution < 1.29 is 4.74 Å². The van der Waals surface area contributed by atoms with Crippen LogP contribution in [0.5, 0.6) is 0 Å². The van der Waals surface area contributed by atoms with Crippen molar-refractivity contribution in [3.63, 3.8) is 0 Å². The summed E-state index contributed by atoms with van der Waals surface area (Å²) >= 11 is 0. The molecule has 6 nitrogen and oxygen atoms in total. The zero-order valence-corrected chi connectivity index (χ0v) is 10.6. The normalized spacial score (nSPS) is 23.4. The van der Waals surface area contributed by atoms with E-state index >= 15 is 0 Å². The van der Waals surface area contributed by atoms with E-state index in [1.165, 1.54) is 0 Å². The molecule has 0 amide bonds. The van der Waals surface area contributed by atoms with Crippen LogP contribution in [-0.4, -0.2) is 40.2 Å². The first-order valence-electron chi connectivity index (χ1n) is 6.17. The van der Waals surface area contributed by atoms with Crippen LogP contribution in [0.3, 0.4) is 0 Å². The third kappa shape index (κ3) is 1.88. The number of nitrogens with one attached hydrogen (secondary N) is 2. The van der Waals surface area contributed by atoms with E-state index in [-0.39, 0.29) is 6.10 Å². The Hall–Kier alpha value is -1.82. The molecule has 1 saturated heterocycles. The average molecular weight is 247 g/mol. The number of anilines is 2. The van der Waals surface area contributed by atoms with Gasteiger partial charge in [-0.1, -0.05) is 0 Å². The number of aromatic nitrogens is 3. The number of ether oxygens (including phenoxy) is 1. The molecule has 3 rings (SSSR count). The molecule has 0 spiro atoms. The highest BCUT2D eigenvalue weighted by Crippen LogP contribution is 2.21. The van der Waals surface area contributed by atoms with E-state index in [0.29, 0.717) is 6.04 Å². The predicted octanol–water partition coefficient (Wildman–Crippen LogP) is 1.36. The second kappa shape index (κ2) is 4.45. The summed E-state index contributed by atoms with van der Waals surface area (Å²) < 4.78 is 7.51. The molecule has 0 aliphatic carbocycles. The Morgan fingerprint density at radius 2 is 2.39 bits per heavy atom. The van der Waals surface area contributed by atoms with Crippen LogP contribution in [0.4, 0.5) is 11.6 Å². The van der Waals surface area contributed by atoms with Gasteiger partial charge in [0.25, 0.3) is 0 Å². The Kier molecular flexibility index (Phi) is 2.79. The first kappa shape index (κ1) is 11.3. The van der Waals surface area contributed by atoms with Gasteiger partial charge in [-0.3, -0.25) is 0 Å². The molecular formula is C12H17N5O. The van der Waals surface area contributed by atoms with Gasteiger partial charge in [0.05, 0.1) is 18.3 Å². The Labute approximate surface area is 105 Å². The highest BCUT2D eigenvalue weighted by molar-refractivity contribution is 5.65. The number of fused-ring (bicyclic) bond motifs is 1. The lowest BCUT2D eigenvalue weighted by atomic mass is 10.1. The third-order valence-corrected chi connectivity index (χ3v) is 3.33. The summed E-state index contributed by atoms with van der Waals surface area (Å²) in [5.41, 5.74) is 0.841. The number of imidazole rings is 1. The van der Waals surface area contributed by atoms with Crippen LogP contribution in [0.25, 0.3) is 5.65 Å². The van der Waals surface area contributed by atoms with Crippen molar-refractivity contribution in [2.45, 2.75) is 25.5 Å². The quantitative estimate of drug-likeness (QED) is 0.857. The SMILES string of the molecule is CNc1cn2ccnc2c(NC2CCOC2C)n1. The molecule has 0 radical (unpaired) electrons. The Balaban J connectivity index is 1.96. The van der Waals surface area contributed by atoms with Gasteiger partial charge in [0.15, 0.2) is 11.5 Å². The zero-order chi connectivity index (χ0) is 12.5. The van der Waals surface area contributed by atoms with Gasteiger partial charge in [-0.15, -0.1) is 0 Å². The molecule has 1 aliphatic rings. The van der Waals surface area contributed by atoms with Crippen LogP contribution in [0, 0.1) is 0 Å². The number of hydrogen-bond donors (Lipinski definition) is 2. The monoisotopic (exact) mass is 247 g/mol. The minimum atomic E-state index is 0.208. The van der Waals surface area contributed by atoms with Crippen LogP contribution in [0.2, 0.25) is 0 Å². The largest absolute Gasteiger partial charge is 0.376 e. The molecule has 0 bridgehead atoms. The van der Waals surface area contributed by atoms with Crippen LogP contribution >= 0.6 is 0 Å². The fraction of sp³-hybridized carbons (Fsp3) is 0.500. The summed E-state index contributed by atoms with van der Waals surface area (Å²) in [4.78, 5) is 8.86. The van der Waals surface area contributed by atoms with E-state index in [1.54, 1.807) is 6.20 Å². The molecule has 2 unspecified atom stereocenters. The van der Waals surface area contributed by atoms with Gasteiger partial charge in [0.2, 0.25) is 0 Å². The van der Waals surface area contributed by atoms with Crippen LogP contribution in [0.15, 0.2) is 18.6 Å². The van der Waals surface area contributed by atoms with Crippen molar-refractivity contribution in [2.75, 3.05) is 24.3 Å². The maximum atomic E-state index is 5.55. The molecule has 2 aromatic rings. The van der Waals surface area contributed by atoms with Crippen LogP contribution in [0.1, 0.15) is 13.3 Å². The number of hydrogen-bond acceptors (Lipinski definition) is 5. The Bertz CT molecular complexity index is 552. The van der Waals surface area contributed by atoms with E-state index < -0.39 is 0 Å². The lowest BCUT2D eigenvalue weighted by molar-refractivity contribution is 0.121. The van der Waals surface area contributed by atoms with Gasteiger partial charge >= 0.3 is 0 Å². The molecule has 2 N–H and O–H groups in total. The van der Waals surface area contributed by atoms with E-state index in [4.69, 9.17) is 4.74 Å². The highest BCUT2D eigenvalue weighted by atomic mass is 16.5. The summed E-state index contributed by atoms with van der Waals surface area (Å²) in [5.74, 6) is 1.61. The summed E-state index contributed by atoms with van der Waals surface area (Å²) in [6, 6.07) is 0.296. The molecule has 2 atom stereocenters. The molecule has 0 aromatic carbocycles. The van der Waals surface area contributed by atoms with Gasteiger partial charge in [0.1, 0.15) is 5.82 Å². The van der Waals surface area contributed by atoms with Gasteiger partial charge < -0.3 is 19.8 Å². The fourth-order valence-corrected chi connectivity index (χ4v) is 2.25. The molecule has 1 aliphatic heterocycles. The first-order chi connectivity index (χ1) is 8.78. The summed E-state index contributed by atoms with van der Waals surface area (Å²) in [6.45, 7) is 2.88. The molecule has 18 heavy (non-hydrogen) atoms. The summed E-state index contributed by atoms with van der Waals surface area (Å²) in [5, 5.41) is 6.49. The lowest BCUT2D eigenvalue weighted by Gasteiger charge is -2.17. The van der Waals surface area contributed by atoms with Gasteiger partial charge in [-0.2, -0.15) is 0 Å². The fourth-order valence-electron chi connectivity index (χ4n) is 2.25. The number of rotatable bonds is 3. The standard InChI is InChI=1S/C12H17N5O/c1-8-9(3-6-18-8)15-11-12-14-4-5-17(12)7-10(13-2)16-11/h4-5,7-9,13H,3,6H2,1-2H3,(H,15,16). The van der Waals surface area contributed by atoms with Gasteiger partial charge in [-0.05, 0) is 13.3 Å². The van der Waals surface area contributed by atoms with E-state index in [1.807, 2.05) is 23.8 Å². The van der Waals surface area contributed by atoms with Crippen molar-refractivity contribution in [3.8, 4) is 0 Å². The maximum absolute atomic E-state index is 5.55. The topological polar surface area (TPSA) is 63.5 Å². The van der Waals surface area contributed by atoms with Crippen LogP contribution in [-0.2, 0) is 4.74 Å². The summed E-state index contributed by atoms with van der Waals surface area (Å²) in [6.07, 6.45) is 6.81.